The monoisotopic (exact) mass is 309 g/mol. The predicted molar refractivity (Wildman–Crippen MR) is 67.6 cm³/mol. The van der Waals surface area contributed by atoms with Crippen molar-refractivity contribution in [2.24, 2.45) is 5.73 Å². The lowest BCUT2D eigenvalue weighted by atomic mass is 10.2. The Labute approximate surface area is 118 Å². The van der Waals surface area contributed by atoms with Gasteiger partial charge in [-0.1, -0.05) is 0 Å². The molecule has 0 spiro atoms. The zero-order valence-corrected chi connectivity index (χ0v) is 11.2. The highest BCUT2D eigenvalue weighted by molar-refractivity contribution is 5.90. The number of hydrogen-bond donors (Lipinski definition) is 2. The van der Waals surface area contributed by atoms with Crippen LogP contribution in [0.4, 0.5) is 23.2 Å². The average Bonchev–Trinajstić information content (AvgIpc) is 2.36. The molecule has 0 fully saturated rings. The first-order chi connectivity index (χ1) is 9.70. The number of aromatic nitrogens is 1. The first kappa shape index (κ1) is 17.2. The van der Waals surface area contributed by atoms with E-state index in [0.29, 0.717) is 5.69 Å². The van der Waals surface area contributed by atoms with E-state index in [9.17, 15) is 22.4 Å². The predicted octanol–water partition coefficient (Wildman–Crippen LogP) is 2.04. The fourth-order valence-corrected chi connectivity index (χ4v) is 1.28. The van der Waals surface area contributed by atoms with Crippen molar-refractivity contribution in [1.82, 2.24) is 4.98 Å². The quantitative estimate of drug-likeness (QED) is 0.756. The summed E-state index contributed by atoms with van der Waals surface area (Å²) in [5, 5.41) is 2.49. The van der Waals surface area contributed by atoms with Gasteiger partial charge in [-0.05, 0) is 13.0 Å². The molecule has 5 nitrogen and oxygen atoms in total. The van der Waals surface area contributed by atoms with Gasteiger partial charge in [0.15, 0.2) is 6.61 Å². The van der Waals surface area contributed by atoms with Crippen molar-refractivity contribution in [3.05, 3.63) is 18.3 Å². The zero-order valence-electron chi connectivity index (χ0n) is 11.2. The molecular weight excluding hydrogens is 294 g/mol. The third-order valence-corrected chi connectivity index (χ3v) is 2.26. The third-order valence-electron chi connectivity index (χ3n) is 2.26. The number of halogens is 4. The van der Waals surface area contributed by atoms with Crippen molar-refractivity contribution in [2.45, 2.75) is 31.7 Å². The number of carbonyl (C=O) groups excluding carboxylic acids is 1. The minimum Gasteiger partial charge on any atom is -0.471 e. The van der Waals surface area contributed by atoms with E-state index in [2.05, 4.69) is 15.0 Å². The Balaban J connectivity index is 2.53. The third kappa shape index (κ3) is 5.94. The van der Waals surface area contributed by atoms with Gasteiger partial charge in [0.1, 0.15) is 0 Å². The molecule has 0 aliphatic carbocycles. The topological polar surface area (TPSA) is 77.2 Å². The van der Waals surface area contributed by atoms with Crippen molar-refractivity contribution in [2.75, 3.05) is 11.9 Å². The van der Waals surface area contributed by atoms with E-state index in [1.165, 1.54) is 12.1 Å². The summed E-state index contributed by atoms with van der Waals surface area (Å²) in [6, 6.07) is 2.22. The summed E-state index contributed by atoms with van der Waals surface area (Å²) in [6.45, 7) is 0.187. The maximum atomic E-state index is 12.6. The van der Waals surface area contributed by atoms with Gasteiger partial charge >= 0.3 is 12.3 Å². The van der Waals surface area contributed by atoms with Crippen LogP contribution in [0, 0.1) is 0 Å². The summed E-state index contributed by atoms with van der Waals surface area (Å²) in [5.74, 6) is -4.82. The van der Waals surface area contributed by atoms with Crippen molar-refractivity contribution in [3.63, 3.8) is 0 Å². The molecule has 1 rings (SSSR count). The number of rotatable bonds is 7. The standard InChI is InChI=1S/C12H15F4N3O2/c1-7(17)4-9(20)19-8-2-3-10(18-5-8)21-6-12(15,16)11(13)14/h2-3,5,7,11H,4,6,17H2,1H3,(H,19,20). The molecule has 0 aromatic carbocycles. The van der Waals surface area contributed by atoms with E-state index in [1.807, 2.05) is 0 Å². The summed E-state index contributed by atoms with van der Waals surface area (Å²) < 4.78 is 53.6. The van der Waals surface area contributed by atoms with Crippen LogP contribution in [0.15, 0.2) is 18.3 Å². The number of pyridine rings is 1. The van der Waals surface area contributed by atoms with Gasteiger partial charge in [-0.25, -0.2) is 13.8 Å². The van der Waals surface area contributed by atoms with Crippen LogP contribution in [0.1, 0.15) is 13.3 Å². The fourth-order valence-electron chi connectivity index (χ4n) is 1.28. The maximum Gasteiger partial charge on any atom is 0.340 e. The van der Waals surface area contributed by atoms with E-state index < -0.39 is 19.0 Å². The van der Waals surface area contributed by atoms with Gasteiger partial charge in [0, 0.05) is 18.5 Å². The summed E-state index contributed by atoms with van der Waals surface area (Å²) >= 11 is 0. The summed E-state index contributed by atoms with van der Waals surface area (Å²) in [5.41, 5.74) is 5.76. The minimum absolute atomic E-state index is 0.110. The lowest BCUT2D eigenvalue weighted by Crippen LogP contribution is -2.33. The zero-order chi connectivity index (χ0) is 16.0. The van der Waals surface area contributed by atoms with E-state index in [1.54, 1.807) is 6.92 Å². The smallest absolute Gasteiger partial charge is 0.340 e. The molecule has 9 heteroatoms. The van der Waals surface area contributed by atoms with Gasteiger partial charge in [-0.3, -0.25) is 4.79 Å². The number of ether oxygens (including phenoxy) is 1. The van der Waals surface area contributed by atoms with Crippen LogP contribution >= 0.6 is 0 Å². The number of nitrogens with one attached hydrogen (secondary N) is 1. The van der Waals surface area contributed by atoms with Crippen LogP contribution in [0.5, 0.6) is 5.88 Å². The summed E-state index contributed by atoms with van der Waals surface area (Å²) in [4.78, 5) is 15.0. The molecule has 1 amide bonds. The Morgan fingerprint density at radius 3 is 2.62 bits per heavy atom. The number of hydrogen-bond acceptors (Lipinski definition) is 4. The molecule has 0 bridgehead atoms. The van der Waals surface area contributed by atoms with E-state index in [0.717, 1.165) is 6.20 Å². The number of alkyl halides is 4. The molecule has 0 saturated heterocycles. The van der Waals surface area contributed by atoms with Gasteiger partial charge in [-0.2, -0.15) is 8.78 Å². The number of anilines is 1. The highest BCUT2D eigenvalue weighted by Gasteiger charge is 2.41. The van der Waals surface area contributed by atoms with Gasteiger partial charge in [0.25, 0.3) is 0 Å². The Kier molecular flexibility index (Phi) is 5.89. The Bertz CT molecular complexity index is 466. The lowest BCUT2D eigenvalue weighted by molar-refractivity contribution is -0.148. The molecule has 1 unspecified atom stereocenters. The lowest BCUT2D eigenvalue weighted by Gasteiger charge is -2.15. The van der Waals surface area contributed by atoms with Crippen LogP contribution in [-0.2, 0) is 4.79 Å². The van der Waals surface area contributed by atoms with E-state index in [-0.39, 0.29) is 24.2 Å². The van der Waals surface area contributed by atoms with Crippen LogP contribution < -0.4 is 15.8 Å². The summed E-state index contributed by atoms with van der Waals surface area (Å²) in [7, 11) is 0. The van der Waals surface area contributed by atoms with Gasteiger partial charge < -0.3 is 15.8 Å². The number of carbonyl (C=O) groups is 1. The van der Waals surface area contributed by atoms with Crippen molar-refractivity contribution in [1.29, 1.82) is 0 Å². The second kappa shape index (κ2) is 7.21. The Hall–Kier alpha value is -1.90. The van der Waals surface area contributed by atoms with Gasteiger partial charge in [0.2, 0.25) is 11.8 Å². The average molecular weight is 309 g/mol. The van der Waals surface area contributed by atoms with Gasteiger partial charge in [0.05, 0.1) is 11.9 Å². The first-order valence-electron chi connectivity index (χ1n) is 6.01. The first-order valence-corrected chi connectivity index (χ1v) is 6.01. The molecule has 0 aliphatic rings. The Morgan fingerprint density at radius 1 is 1.48 bits per heavy atom. The molecule has 0 saturated carbocycles. The highest BCUT2D eigenvalue weighted by Crippen LogP contribution is 2.24. The SMILES string of the molecule is CC(N)CC(=O)Nc1ccc(OCC(F)(F)C(F)F)nc1. The molecule has 1 aromatic heterocycles. The normalized spacial score (nSPS) is 13.1. The van der Waals surface area contributed by atoms with Crippen molar-refractivity contribution >= 4 is 11.6 Å². The molecule has 3 N–H and O–H groups in total. The van der Waals surface area contributed by atoms with E-state index >= 15 is 0 Å². The Morgan fingerprint density at radius 2 is 2.14 bits per heavy atom. The second-order valence-electron chi connectivity index (χ2n) is 4.47. The molecule has 21 heavy (non-hydrogen) atoms. The van der Waals surface area contributed by atoms with Crippen molar-refractivity contribution in [3.8, 4) is 5.88 Å². The summed E-state index contributed by atoms with van der Waals surface area (Å²) in [6.07, 6.45) is -2.54. The highest BCUT2D eigenvalue weighted by atomic mass is 19.3. The van der Waals surface area contributed by atoms with Crippen LogP contribution in [0.25, 0.3) is 0 Å². The fraction of sp³-hybridized carbons (Fsp3) is 0.500. The van der Waals surface area contributed by atoms with Crippen LogP contribution in [0.2, 0.25) is 0 Å². The van der Waals surface area contributed by atoms with E-state index in [4.69, 9.17) is 5.73 Å². The van der Waals surface area contributed by atoms with Crippen molar-refractivity contribution < 1.29 is 27.1 Å². The molecule has 1 aromatic rings. The molecule has 0 radical (unpaired) electrons. The van der Waals surface area contributed by atoms with Crippen LogP contribution in [0.3, 0.4) is 0 Å². The molecule has 118 valence electrons. The number of amides is 1. The molecular formula is C12H15F4N3O2. The minimum atomic E-state index is -4.24. The molecule has 1 atom stereocenters. The largest absolute Gasteiger partial charge is 0.471 e. The molecule has 0 aliphatic heterocycles. The number of nitrogens with zero attached hydrogens (tertiary/aromatic N) is 1. The van der Waals surface area contributed by atoms with Crippen LogP contribution in [-0.4, -0.2) is 35.9 Å². The second-order valence-corrected chi connectivity index (χ2v) is 4.47. The number of nitrogens with two attached hydrogens (primary N) is 1. The maximum absolute atomic E-state index is 12.6. The molecule has 1 heterocycles. The van der Waals surface area contributed by atoms with Gasteiger partial charge in [-0.15, -0.1) is 0 Å².